The lowest BCUT2D eigenvalue weighted by atomic mass is 9.88. The fourth-order valence-electron chi connectivity index (χ4n) is 0.982. The lowest BCUT2D eigenvalue weighted by Gasteiger charge is -2.17. The van der Waals surface area contributed by atoms with Gasteiger partial charge in [-0.3, -0.25) is 9.78 Å². The molecule has 1 amide bonds. The van der Waals surface area contributed by atoms with E-state index in [2.05, 4.69) is 10.3 Å². The van der Waals surface area contributed by atoms with E-state index in [9.17, 15) is 4.79 Å². The van der Waals surface area contributed by atoms with Crippen LogP contribution in [-0.4, -0.2) is 10.9 Å². The number of hydrogen-bond acceptors (Lipinski definition) is 4. The Hall–Kier alpha value is -1.41. The lowest BCUT2D eigenvalue weighted by molar-refractivity contribution is -0.127. The molecule has 4 nitrogen and oxygen atoms in total. The number of nitrogens with zero attached hydrogens (tertiary/aromatic N) is 2. The summed E-state index contributed by atoms with van der Waals surface area (Å²) in [5.41, 5.74) is 0.787. The number of carbonyl (C=O) groups is 1. The minimum atomic E-state index is -0.926. The third kappa shape index (κ3) is 2.77. The fraction of sp³-hybridized carbons (Fsp3) is 0.500. The zero-order chi connectivity index (χ0) is 11.3. The van der Waals surface area contributed by atoms with Gasteiger partial charge in [0, 0.05) is 11.1 Å². The Morgan fingerprint density at radius 3 is 3.00 bits per heavy atom. The van der Waals surface area contributed by atoms with Gasteiger partial charge in [0.2, 0.25) is 5.91 Å². The molecule has 1 unspecified atom stereocenters. The maximum Gasteiger partial charge on any atom is 0.240 e. The van der Waals surface area contributed by atoms with Crippen LogP contribution in [-0.2, 0) is 11.3 Å². The average molecular weight is 223 g/mol. The van der Waals surface area contributed by atoms with Gasteiger partial charge in [-0.1, -0.05) is 6.92 Å². The molecular formula is C10H13N3OS. The summed E-state index contributed by atoms with van der Waals surface area (Å²) in [4.78, 5) is 16.6. The molecule has 1 heterocycles. The molecule has 1 atom stereocenters. The maximum atomic E-state index is 11.7. The van der Waals surface area contributed by atoms with Crippen molar-refractivity contribution in [2.45, 2.75) is 26.8 Å². The molecule has 0 spiro atoms. The van der Waals surface area contributed by atoms with E-state index in [-0.39, 0.29) is 5.91 Å². The Balaban J connectivity index is 2.53. The first-order valence-electron chi connectivity index (χ1n) is 4.69. The van der Waals surface area contributed by atoms with Gasteiger partial charge in [0.25, 0.3) is 0 Å². The van der Waals surface area contributed by atoms with Crippen molar-refractivity contribution in [1.82, 2.24) is 10.3 Å². The van der Waals surface area contributed by atoms with Crippen LogP contribution >= 0.6 is 11.3 Å². The Morgan fingerprint density at radius 2 is 2.53 bits per heavy atom. The summed E-state index contributed by atoms with van der Waals surface area (Å²) in [5, 5.41) is 11.6. The van der Waals surface area contributed by atoms with Gasteiger partial charge in [0.1, 0.15) is 5.41 Å². The Morgan fingerprint density at radius 1 is 1.80 bits per heavy atom. The van der Waals surface area contributed by atoms with E-state index in [1.54, 1.807) is 18.6 Å². The van der Waals surface area contributed by atoms with Gasteiger partial charge in [-0.05, 0) is 13.3 Å². The summed E-state index contributed by atoms with van der Waals surface area (Å²) >= 11 is 1.48. The van der Waals surface area contributed by atoms with Crippen LogP contribution in [0.1, 0.15) is 25.1 Å². The van der Waals surface area contributed by atoms with Crippen LogP contribution in [0.25, 0.3) is 0 Å². The minimum absolute atomic E-state index is 0.221. The van der Waals surface area contributed by atoms with Crippen molar-refractivity contribution in [3.63, 3.8) is 0 Å². The molecular weight excluding hydrogens is 210 g/mol. The smallest absolute Gasteiger partial charge is 0.240 e. The molecule has 0 radical (unpaired) electrons. The van der Waals surface area contributed by atoms with E-state index in [0.29, 0.717) is 13.0 Å². The van der Waals surface area contributed by atoms with E-state index in [4.69, 9.17) is 5.26 Å². The van der Waals surface area contributed by atoms with Crippen molar-refractivity contribution in [2.75, 3.05) is 0 Å². The molecule has 5 heteroatoms. The highest BCUT2D eigenvalue weighted by atomic mass is 32.1. The quantitative estimate of drug-likeness (QED) is 0.844. The molecule has 1 aromatic heterocycles. The molecule has 0 saturated heterocycles. The van der Waals surface area contributed by atoms with Gasteiger partial charge < -0.3 is 5.32 Å². The molecule has 0 aliphatic rings. The molecule has 0 saturated carbocycles. The third-order valence-electron chi connectivity index (χ3n) is 2.36. The second-order valence-corrected chi connectivity index (χ2v) is 4.42. The molecule has 15 heavy (non-hydrogen) atoms. The molecule has 0 aliphatic carbocycles. The minimum Gasteiger partial charge on any atom is -0.350 e. The Labute approximate surface area is 92.9 Å². The molecule has 0 aromatic carbocycles. The number of nitrogens with one attached hydrogen (secondary N) is 1. The normalized spacial score (nSPS) is 13.9. The summed E-state index contributed by atoms with van der Waals surface area (Å²) < 4.78 is 0. The van der Waals surface area contributed by atoms with Crippen LogP contribution in [0.5, 0.6) is 0 Å². The van der Waals surface area contributed by atoms with Gasteiger partial charge in [-0.25, -0.2) is 0 Å². The van der Waals surface area contributed by atoms with Crippen LogP contribution in [0.3, 0.4) is 0 Å². The largest absolute Gasteiger partial charge is 0.350 e. The van der Waals surface area contributed by atoms with Crippen LogP contribution in [0.15, 0.2) is 11.7 Å². The highest BCUT2D eigenvalue weighted by molar-refractivity contribution is 7.09. The molecule has 1 N–H and O–H groups in total. The Bertz CT molecular complexity index is 369. The van der Waals surface area contributed by atoms with E-state index in [1.165, 1.54) is 11.3 Å². The molecule has 80 valence electrons. The summed E-state index contributed by atoms with van der Waals surface area (Å²) in [6, 6.07) is 2.03. The molecule has 0 bridgehead atoms. The Kier molecular flexibility index (Phi) is 3.81. The number of rotatable bonds is 4. The highest BCUT2D eigenvalue weighted by Gasteiger charge is 2.30. The summed E-state index contributed by atoms with van der Waals surface area (Å²) in [6.45, 7) is 3.92. The second kappa shape index (κ2) is 4.89. The zero-order valence-electron chi connectivity index (χ0n) is 8.78. The van der Waals surface area contributed by atoms with Crippen LogP contribution < -0.4 is 5.32 Å². The van der Waals surface area contributed by atoms with Gasteiger partial charge in [0.05, 0.1) is 18.1 Å². The topological polar surface area (TPSA) is 65.8 Å². The van der Waals surface area contributed by atoms with Crippen molar-refractivity contribution < 1.29 is 4.79 Å². The van der Waals surface area contributed by atoms with E-state index >= 15 is 0 Å². The molecule has 1 aromatic rings. The zero-order valence-corrected chi connectivity index (χ0v) is 9.60. The molecule has 1 rings (SSSR count). The van der Waals surface area contributed by atoms with Crippen LogP contribution in [0.2, 0.25) is 0 Å². The number of aromatic nitrogens is 1. The third-order valence-corrected chi connectivity index (χ3v) is 3.14. The summed E-state index contributed by atoms with van der Waals surface area (Å²) in [5.74, 6) is -0.221. The summed E-state index contributed by atoms with van der Waals surface area (Å²) in [6.07, 6.45) is 2.22. The monoisotopic (exact) mass is 223 g/mol. The number of amides is 1. The van der Waals surface area contributed by atoms with Crippen LogP contribution in [0.4, 0.5) is 0 Å². The highest BCUT2D eigenvalue weighted by Crippen LogP contribution is 2.19. The van der Waals surface area contributed by atoms with Crippen molar-refractivity contribution in [1.29, 1.82) is 5.26 Å². The SMILES string of the molecule is CCC(C)(C#N)C(=O)NCc1cncs1. The van der Waals surface area contributed by atoms with Crippen molar-refractivity contribution in [2.24, 2.45) is 5.41 Å². The predicted octanol–water partition coefficient (Wildman–Crippen LogP) is 1.70. The number of carbonyl (C=O) groups excluding carboxylic acids is 1. The number of hydrogen-bond donors (Lipinski definition) is 1. The molecule has 0 aliphatic heterocycles. The summed E-state index contributed by atoms with van der Waals surface area (Å²) in [7, 11) is 0. The first-order valence-corrected chi connectivity index (χ1v) is 5.57. The van der Waals surface area contributed by atoms with Crippen molar-refractivity contribution >= 4 is 17.2 Å². The van der Waals surface area contributed by atoms with Gasteiger partial charge in [0.15, 0.2) is 0 Å². The van der Waals surface area contributed by atoms with Gasteiger partial charge in [-0.2, -0.15) is 5.26 Å². The van der Waals surface area contributed by atoms with Crippen LogP contribution in [0, 0.1) is 16.7 Å². The fourth-order valence-corrected chi connectivity index (χ4v) is 1.52. The van der Waals surface area contributed by atoms with Crippen molar-refractivity contribution in [3.05, 3.63) is 16.6 Å². The maximum absolute atomic E-state index is 11.7. The first kappa shape index (κ1) is 11.7. The predicted molar refractivity (Wildman–Crippen MR) is 58.0 cm³/mol. The van der Waals surface area contributed by atoms with Gasteiger partial charge >= 0.3 is 0 Å². The lowest BCUT2D eigenvalue weighted by Crippen LogP contribution is -2.37. The number of nitriles is 1. The standard InChI is InChI=1S/C10H13N3OS/c1-3-10(2,6-11)9(14)13-5-8-4-12-7-15-8/h4,7H,3,5H2,1-2H3,(H,13,14). The van der Waals surface area contributed by atoms with E-state index in [0.717, 1.165) is 4.88 Å². The van der Waals surface area contributed by atoms with E-state index < -0.39 is 5.41 Å². The first-order chi connectivity index (χ1) is 7.12. The van der Waals surface area contributed by atoms with E-state index in [1.807, 2.05) is 13.0 Å². The second-order valence-electron chi connectivity index (χ2n) is 3.45. The average Bonchev–Trinajstić information content (AvgIpc) is 2.77. The van der Waals surface area contributed by atoms with Crippen molar-refractivity contribution in [3.8, 4) is 6.07 Å². The van der Waals surface area contributed by atoms with Gasteiger partial charge in [-0.15, -0.1) is 11.3 Å². The number of thiazole rings is 1. The molecule has 0 fully saturated rings.